The first-order chi connectivity index (χ1) is 8.05. The van der Waals surface area contributed by atoms with Gasteiger partial charge in [-0.05, 0) is 36.5 Å². The Bertz CT molecular complexity index is 290. The molecule has 0 aromatic rings. The van der Waals surface area contributed by atoms with Gasteiger partial charge in [-0.25, -0.2) is 0 Å². The number of carboxylic acid groups (broad SMARTS) is 1. The molecule has 1 saturated carbocycles. The van der Waals surface area contributed by atoms with Crippen molar-refractivity contribution in [1.29, 1.82) is 0 Å². The van der Waals surface area contributed by atoms with Crippen molar-refractivity contribution in [3.8, 4) is 0 Å². The van der Waals surface area contributed by atoms with E-state index in [2.05, 4.69) is 19.2 Å². The molecule has 98 valence electrons. The number of rotatable bonds is 2. The van der Waals surface area contributed by atoms with E-state index >= 15 is 0 Å². The van der Waals surface area contributed by atoms with E-state index in [0.29, 0.717) is 6.54 Å². The second-order valence-electron chi connectivity index (χ2n) is 6.32. The molecule has 3 unspecified atom stereocenters. The van der Waals surface area contributed by atoms with E-state index in [9.17, 15) is 9.90 Å². The van der Waals surface area contributed by atoms with Crippen LogP contribution in [0, 0.1) is 23.2 Å². The first kappa shape index (κ1) is 12.9. The summed E-state index contributed by atoms with van der Waals surface area (Å²) >= 11 is 0. The monoisotopic (exact) mass is 239 g/mol. The summed E-state index contributed by atoms with van der Waals surface area (Å²) in [6.45, 7) is 6.17. The Kier molecular flexibility index (Phi) is 3.76. The third-order valence-corrected chi connectivity index (χ3v) is 5.07. The highest BCUT2D eigenvalue weighted by molar-refractivity contribution is 5.72. The lowest BCUT2D eigenvalue weighted by molar-refractivity contribution is -0.145. The fourth-order valence-electron chi connectivity index (χ4n) is 3.80. The van der Waals surface area contributed by atoms with Crippen LogP contribution in [0.2, 0.25) is 0 Å². The van der Waals surface area contributed by atoms with Crippen LogP contribution in [-0.4, -0.2) is 24.2 Å². The molecule has 2 fully saturated rings. The van der Waals surface area contributed by atoms with E-state index in [1.807, 2.05) is 0 Å². The Morgan fingerprint density at radius 3 is 2.76 bits per heavy atom. The van der Waals surface area contributed by atoms with E-state index in [1.54, 1.807) is 0 Å². The molecule has 2 rings (SSSR count). The van der Waals surface area contributed by atoms with Crippen molar-refractivity contribution >= 4 is 5.97 Å². The van der Waals surface area contributed by atoms with Gasteiger partial charge in [-0.2, -0.15) is 0 Å². The van der Waals surface area contributed by atoms with Gasteiger partial charge in [-0.15, -0.1) is 0 Å². The molecule has 1 saturated heterocycles. The second-order valence-corrected chi connectivity index (χ2v) is 6.32. The highest BCUT2D eigenvalue weighted by Gasteiger charge is 2.47. The minimum atomic E-state index is -0.599. The van der Waals surface area contributed by atoms with E-state index in [0.717, 1.165) is 31.2 Å². The molecule has 2 aliphatic rings. The van der Waals surface area contributed by atoms with Gasteiger partial charge in [0, 0.05) is 13.1 Å². The first-order valence-corrected chi connectivity index (χ1v) is 6.99. The summed E-state index contributed by atoms with van der Waals surface area (Å²) in [6, 6.07) is 0. The molecular formula is C14H25NO2. The second kappa shape index (κ2) is 4.97. The number of nitrogens with one attached hydrogen (secondary N) is 1. The van der Waals surface area contributed by atoms with Gasteiger partial charge < -0.3 is 10.4 Å². The van der Waals surface area contributed by atoms with Crippen molar-refractivity contribution in [2.24, 2.45) is 23.2 Å². The summed E-state index contributed by atoms with van der Waals surface area (Å²) in [5.41, 5.74) is 0.0511. The smallest absolute Gasteiger partial charge is 0.308 e. The van der Waals surface area contributed by atoms with Crippen LogP contribution in [0.3, 0.4) is 0 Å². The summed E-state index contributed by atoms with van der Waals surface area (Å²) < 4.78 is 0. The molecule has 1 aliphatic heterocycles. The Morgan fingerprint density at radius 2 is 2.12 bits per heavy atom. The highest BCUT2D eigenvalue weighted by atomic mass is 16.4. The maximum atomic E-state index is 11.4. The fourth-order valence-corrected chi connectivity index (χ4v) is 3.80. The molecule has 3 nitrogen and oxygen atoms in total. The third-order valence-electron chi connectivity index (χ3n) is 5.07. The predicted molar refractivity (Wildman–Crippen MR) is 67.8 cm³/mol. The van der Waals surface area contributed by atoms with E-state index in [-0.39, 0.29) is 11.3 Å². The lowest BCUT2D eigenvalue weighted by Crippen LogP contribution is -2.34. The van der Waals surface area contributed by atoms with Crippen molar-refractivity contribution < 1.29 is 9.90 Å². The number of hydrogen-bond acceptors (Lipinski definition) is 2. The third kappa shape index (κ3) is 2.49. The van der Waals surface area contributed by atoms with Crippen molar-refractivity contribution in [1.82, 2.24) is 5.32 Å². The molecule has 3 atom stereocenters. The summed E-state index contributed by atoms with van der Waals surface area (Å²) in [4.78, 5) is 11.4. The maximum Gasteiger partial charge on any atom is 0.308 e. The Labute approximate surface area is 104 Å². The SMILES string of the molecule is CC(C)C1CCCC2(CC1)CNCC2C(=O)O. The van der Waals surface area contributed by atoms with E-state index < -0.39 is 5.97 Å². The number of aliphatic carboxylic acids is 1. The fraction of sp³-hybridized carbons (Fsp3) is 0.929. The van der Waals surface area contributed by atoms with Gasteiger partial charge >= 0.3 is 5.97 Å². The van der Waals surface area contributed by atoms with Crippen LogP contribution in [0.15, 0.2) is 0 Å². The van der Waals surface area contributed by atoms with Crippen LogP contribution >= 0.6 is 0 Å². The van der Waals surface area contributed by atoms with E-state index in [4.69, 9.17) is 0 Å². The van der Waals surface area contributed by atoms with Crippen molar-refractivity contribution in [2.45, 2.75) is 46.0 Å². The number of carboxylic acids is 1. The molecule has 0 aromatic heterocycles. The minimum absolute atomic E-state index is 0.0511. The van der Waals surface area contributed by atoms with Gasteiger partial charge in [-0.3, -0.25) is 4.79 Å². The Hall–Kier alpha value is -0.570. The normalized spacial score (nSPS) is 38.5. The van der Waals surface area contributed by atoms with Crippen LogP contribution in [-0.2, 0) is 4.79 Å². The summed E-state index contributed by atoms with van der Waals surface area (Å²) in [6.07, 6.45) is 5.89. The quantitative estimate of drug-likeness (QED) is 0.778. The minimum Gasteiger partial charge on any atom is -0.481 e. The molecule has 1 aliphatic carbocycles. The molecule has 17 heavy (non-hydrogen) atoms. The van der Waals surface area contributed by atoms with Crippen molar-refractivity contribution in [3.63, 3.8) is 0 Å². The molecule has 0 amide bonds. The van der Waals surface area contributed by atoms with Gasteiger partial charge in [-0.1, -0.05) is 26.7 Å². The first-order valence-electron chi connectivity index (χ1n) is 6.99. The number of hydrogen-bond donors (Lipinski definition) is 2. The largest absolute Gasteiger partial charge is 0.481 e. The molecule has 3 heteroatoms. The van der Waals surface area contributed by atoms with Crippen LogP contribution in [0.1, 0.15) is 46.0 Å². The van der Waals surface area contributed by atoms with Crippen molar-refractivity contribution in [3.05, 3.63) is 0 Å². The van der Waals surface area contributed by atoms with Crippen LogP contribution in [0.25, 0.3) is 0 Å². The van der Waals surface area contributed by atoms with Gasteiger partial charge in [0.1, 0.15) is 0 Å². The summed E-state index contributed by atoms with van der Waals surface area (Å²) in [5.74, 6) is 0.776. The zero-order valence-corrected chi connectivity index (χ0v) is 11.0. The van der Waals surface area contributed by atoms with Crippen LogP contribution in [0.4, 0.5) is 0 Å². The van der Waals surface area contributed by atoms with Crippen molar-refractivity contribution in [2.75, 3.05) is 13.1 Å². The van der Waals surface area contributed by atoms with Crippen LogP contribution in [0.5, 0.6) is 0 Å². The lowest BCUT2D eigenvalue weighted by Gasteiger charge is -2.31. The number of carbonyl (C=O) groups is 1. The summed E-state index contributed by atoms with van der Waals surface area (Å²) in [7, 11) is 0. The topological polar surface area (TPSA) is 49.3 Å². The molecule has 2 N–H and O–H groups in total. The zero-order valence-electron chi connectivity index (χ0n) is 11.0. The average molecular weight is 239 g/mol. The standard InChI is InChI=1S/C14H25NO2/c1-10(2)11-4-3-6-14(7-5-11)9-15-8-12(14)13(16)17/h10-12,15H,3-9H2,1-2H3,(H,16,17). The van der Waals surface area contributed by atoms with Gasteiger partial charge in [0.2, 0.25) is 0 Å². The van der Waals surface area contributed by atoms with Gasteiger partial charge in [0.05, 0.1) is 5.92 Å². The molecule has 1 spiro atoms. The van der Waals surface area contributed by atoms with Crippen LogP contribution < -0.4 is 5.32 Å². The van der Waals surface area contributed by atoms with E-state index in [1.165, 1.54) is 19.3 Å². The zero-order chi connectivity index (χ0) is 12.5. The molecule has 1 heterocycles. The predicted octanol–water partition coefficient (Wildman–Crippen LogP) is 2.51. The van der Waals surface area contributed by atoms with Gasteiger partial charge in [0.25, 0.3) is 0 Å². The molecule has 0 radical (unpaired) electrons. The molecule has 0 bridgehead atoms. The van der Waals surface area contributed by atoms with Gasteiger partial charge in [0.15, 0.2) is 0 Å². The Morgan fingerprint density at radius 1 is 1.35 bits per heavy atom. The highest BCUT2D eigenvalue weighted by Crippen LogP contribution is 2.46. The lowest BCUT2D eigenvalue weighted by atomic mass is 9.72. The molecule has 0 aromatic carbocycles. The summed E-state index contributed by atoms with van der Waals surface area (Å²) in [5, 5.41) is 12.7. The Balaban J connectivity index is 2.08. The molecular weight excluding hydrogens is 214 g/mol. The average Bonchev–Trinajstić information content (AvgIpc) is 2.53. The maximum absolute atomic E-state index is 11.4.